The number of ether oxygens (including phenoxy) is 2. The molecule has 0 amide bonds. The number of esters is 1. The number of benzene rings is 1. The maximum Gasteiger partial charge on any atom is 0.573 e. The first-order chi connectivity index (χ1) is 15.9. The maximum atomic E-state index is 12.7. The predicted molar refractivity (Wildman–Crippen MR) is 102 cm³/mol. The highest BCUT2D eigenvalue weighted by molar-refractivity contribution is 5.95. The minimum Gasteiger partial charge on any atom is -0.434 e. The molecule has 178 valence electrons. The van der Waals surface area contributed by atoms with Crippen LogP contribution in [0.15, 0.2) is 48.9 Å². The summed E-state index contributed by atoms with van der Waals surface area (Å²) in [5, 5.41) is 10.7. The Hall–Kier alpha value is -4.14. The molecule has 3 aromatic heterocycles. The number of alkyl halides is 6. The first-order valence-electron chi connectivity index (χ1n) is 9.20. The Bertz CT molecular complexity index is 1320. The maximum absolute atomic E-state index is 12.7. The van der Waals surface area contributed by atoms with E-state index in [-0.39, 0.29) is 22.4 Å². The van der Waals surface area contributed by atoms with Crippen molar-refractivity contribution in [3.63, 3.8) is 0 Å². The number of halogens is 6. The molecule has 0 aliphatic rings. The smallest absolute Gasteiger partial charge is 0.434 e. The van der Waals surface area contributed by atoms with Crippen LogP contribution in [0, 0.1) is 0 Å². The van der Waals surface area contributed by atoms with Crippen LogP contribution in [0.2, 0.25) is 0 Å². The van der Waals surface area contributed by atoms with Gasteiger partial charge < -0.3 is 9.47 Å². The summed E-state index contributed by atoms with van der Waals surface area (Å²) in [5.41, 5.74) is 6.63. The van der Waals surface area contributed by atoms with Crippen LogP contribution in [-0.4, -0.2) is 43.5 Å². The predicted octanol–water partition coefficient (Wildman–Crippen LogP) is 3.77. The summed E-state index contributed by atoms with van der Waals surface area (Å²) in [4.78, 5) is 15.5. The van der Waals surface area contributed by atoms with Crippen molar-refractivity contribution in [1.82, 2.24) is 25.0 Å². The van der Waals surface area contributed by atoms with Gasteiger partial charge in [0.05, 0.1) is 17.3 Å². The van der Waals surface area contributed by atoms with Crippen molar-refractivity contribution in [1.29, 1.82) is 0 Å². The van der Waals surface area contributed by atoms with Gasteiger partial charge in [0.15, 0.2) is 11.9 Å². The number of carbonyl (C=O) groups excluding carboxylic acids is 1. The number of nitrogens with two attached hydrogens (primary N) is 1. The summed E-state index contributed by atoms with van der Waals surface area (Å²) in [5.74, 6) is -3.03. The number of aromatic amines is 1. The molecule has 0 bridgehead atoms. The van der Waals surface area contributed by atoms with Gasteiger partial charge in [0.1, 0.15) is 11.4 Å². The number of nitrogens with one attached hydrogen (secondary N) is 1. The molecule has 3 N–H and O–H groups in total. The zero-order valence-electron chi connectivity index (χ0n) is 16.6. The van der Waals surface area contributed by atoms with Gasteiger partial charge in [-0.2, -0.15) is 23.4 Å². The molecule has 0 radical (unpaired) electrons. The number of pyridine rings is 1. The van der Waals surface area contributed by atoms with Gasteiger partial charge in [0.25, 0.3) is 0 Å². The standard InChI is InChI=1S/C19H12F6N6O3/c20-18(21,22)17(32)33-15(26)14-13-12(9-7-28-29-8-9)5-6-27-16(13)31(30-14)10-1-3-11(4-2-10)34-19(23,24)25/h1-8,15H,26H2,(H,28,29). The molecule has 0 saturated carbocycles. The second-order valence-corrected chi connectivity index (χ2v) is 6.71. The van der Waals surface area contributed by atoms with Crippen LogP contribution in [0.1, 0.15) is 11.9 Å². The largest absolute Gasteiger partial charge is 0.573 e. The van der Waals surface area contributed by atoms with E-state index in [1.165, 1.54) is 36.8 Å². The van der Waals surface area contributed by atoms with Crippen LogP contribution < -0.4 is 10.5 Å². The van der Waals surface area contributed by atoms with E-state index in [1.54, 1.807) is 0 Å². The highest BCUT2D eigenvalue weighted by Crippen LogP contribution is 2.34. The molecule has 9 nitrogen and oxygen atoms in total. The van der Waals surface area contributed by atoms with Crippen molar-refractivity contribution in [2.45, 2.75) is 18.8 Å². The molecule has 1 atom stereocenters. The Balaban J connectivity index is 1.84. The first-order valence-corrected chi connectivity index (χ1v) is 9.20. The quantitative estimate of drug-likeness (QED) is 0.250. The van der Waals surface area contributed by atoms with Crippen molar-refractivity contribution in [3.05, 3.63) is 54.6 Å². The van der Waals surface area contributed by atoms with Crippen LogP contribution in [0.4, 0.5) is 26.3 Å². The fourth-order valence-electron chi connectivity index (χ4n) is 3.11. The minimum atomic E-state index is -5.30. The second kappa shape index (κ2) is 8.33. The summed E-state index contributed by atoms with van der Waals surface area (Å²) in [7, 11) is 0. The average Bonchev–Trinajstić information content (AvgIpc) is 3.41. The summed E-state index contributed by atoms with van der Waals surface area (Å²) >= 11 is 0. The Kier molecular flexibility index (Phi) is 5.64. The van der Waals surface area contributed by atoms with Gasteiger partial charge in [0, 0.05) is 18.0 Å². The molecule has 15 heteroatoms. The first kappa shape index (κ1) is 23.0. The van der Waals surface area contributed by atoms with Gasteiger partial charge >= 0.3 is 18.5 Å². The van der Waals surface area contributed by atoms with E-state index in [1.807, 2.05) is 0 Å². The summed E-state index contributed by atoms with van der Waals surface area (Å²) in [6, 6.07) is 5.98. The van der Waals surface area contributed by atoms with Crippen LogP contribution in [0.3, 0.4) is 0 Å². The van der Waals surface area contributed by atoms with Crippen molar-refractivity contribution >= 4 is 17.0 Å². The van der Waals surface area contributed by atoms with E-state index in [2.05, 4.69) is 29.8 Å². The summed E-state index contributed by atoms with van der Waals surface area (Å²) in [6.45, 7) is 0. The van der Waals surface area contributed by atoms with E-state index < -0.39 is 30.5 Å². The molecular formula is C19H12F6N6O3. The lowest BCUT2D eigenvalue weighted by molar-refractivity contribution is -0.274. The van der Waals surface area contributed by atoms with Gasteiger partial charge in [-0.25, -0.2) is 14.5 Å². The van der Waals surface area contributed by atoms with E-state index in [9.17, 15) is 31.1 Å². The Morgan fingerprint density at radius 1 is 1.09 bits per heavy atom. The lowest BCUT2D eigenvalue weighted by atomic mass is 10.1. The fraction of sp³-hybridized carbons (Fsp3) is 0.158. The molecule has 34 heavy (non-hydrogen) atoms. The number of carbonyl (C=O) groups is 1. The van der Waals surface area contributed by atoms with E-state index in [4.69, 9.17) is 5.73 Å². The highest BCUT2D eigenvalue weighted by atomic mass is 19.4. The second-order valence-electron chi connectivity index (χ2n) is 6.71. The average molecular weight is 486 g/mol. The highest BCUT2D eigenvalue weighted by Gasteiger charge is 2.42. The molecule has 0 spiro atoms. The SMILES string of the molecule is NC(OC(=O)C(F)(F)F)c1nn(-c2ccc(OC(F)(F)F)cc2)c2nccc(-c3cn[nH]c3)c12. The third kappa shape index (κ3) is 4.63. The number of aromatic nitrogens is 5. The van der Waals surface area contributed by atoms with Gasteiger partial charge in [-0.15, -0.1) is 13.2 Å². The fourth-order valence-corrected chi connectivity index (χ4v) is 3.11. The number of hydrogen-bond acceptors (Lipinski definition) is 7. The van der Waals surface area contributed by atoms with Crippen LogP contribution >= 0.6 is 0 Å². The van der Waals surface area contributed by atoms with E-state index >= 15 is 0 Å². The number of hydrogen-bond donors (Lipinski definition) is 2. The molecule has 3 heterocycles. The van der Waals surface area contributed by atoms with Gasteiger partial charge in [-0.05, 0) is 35.9 Å². The summed E-state index contributed by atoms with van der Waals surface area (Å²) < 4.78 is 84.7. The van der Waals surface area contributed by atoms with E-state index in [0.717, 1.165) is 16.8 Å². The molecule has 4 rings (SSSR count). The molecule has 4 aromatic rings. The van der Waals surface area contributed by atoms with Gasteiger partial charge in [0.2, 0.25) is 0 Å². The third-order valence-electron chi connectivity index (χ3n) is 4.45. The van der Waals surface area contributed by atoms with E-state index in [0.29, 0.717) is 11.1 Å². The molecule has 0 aliphatic carbocycles. The zero-order chi connectivity index (χ0) is 24.7. The number of rotatable bonds is 5. The summed E-state index contributed by atoms with van der Waals surface area (Å²) in [6.07, 6.45) is -7.85. The Morgan fingerprint density at radius 3 is 2.38 bits per heavy atom. The molecule has 0 saturated heterocycles. The van der Waals surface area contributed by atoms with Crippen LogP contribution in [-0.2, 0) is 9.53 Å². The zero-order valence-corrected chi connectivity index (χ0v) is 16.6. The lowest BCUT2D eigenvalue weighted by Crippen LogP contribution is -2.30. The molecule has 1 unspecified atom stereocenters. The number of fused-ring (bicyclic) bond motifs is 1. The topological polar surface area (TPSA) is 121 Å². The molecule has 1 aromatic carbocycles. The lowest BCUT2D eigenvalue weighted by Gasteiger charge is -2.13. The van der Waals surface area contributed by atoms with Crippen LogP contribution in [0.25, 0.3) is 27.8 Å². The normalized spacial score (nSPS) is 13.1. The Labute approximate surface area is 185 Å². The minimum absolute atomic E-state index is 0.0803. The van der Waals surface area contributed by atoms with Crippen molar-refractivity contribution < 1.29 is 40.6 Å². The third-order valence-corrected chi connectivity index (χ3v) is 4.45. The monoisotopic (exact) mass is 486 g/mol. The number of nitrogens with zero attached hydrogens (tertiary/aromatic N) is 4. The van der Waals surface area contributed by atoms with Gasteiger partial charge in [-0.1, -0.05) is 0 Å². The number of H-pyrrole nitrogens is 1. The van der Waals surface area contributed by atoms with Crippen molar-refractivity contribution in [2.75, 3.05) is 0 Å². The molecule has 0 aliphatic heterocycles. The Morgan fingerprint density at radius 2 is 1.79 bits per heavy atom. The molecular weight excluding hydrogens is 474 g/mol. The van der Waals surface area contributed by atoms with Crippen molar-refractivity contribution in [3.8, 4) is 22.6 Å². The van der Waals surface area contributed by atoms with Crippen LogP contribution in [0.5, 0.6) is 5.75 Å². The van der Waals surface area contributed by atoms with Gasteiger partial charge in [-0.3, -0.25) is 10.8 Å². The van der Waals surface area contributed by atoms with Crippen molar-refractivity contribution in [2.24, 2.45) is 5.73 Å². The molecule has 0 fully saturated rings.